The lowest BCUT2D eigenvalue weighted by molar-refractivity contribution is -0.152. The third-order valence-corrected chi connectivity index (χ3v) is 2.79. The van der Waals surface area contributed by atoms with Crippen LogP contribution in [0.5, 0.6) is 0 Å². The second-order valence-electron chi connectivity index (χ2n) is 4.64. The van der Waals surface area contributed by atoms with E-state index in [0.29, 0.717) is 18.9 Å². The van der Waals surface area contributed by atoms with Gasteiger partial charge in [0.2, 0.25) is 0 Å². The Balaban J connectivity index is 2.52. The number of nitrogens with zero attached hydrogens (tertiary/aromatic N) is 1. The maximum absolute atomic E-state index is 11.4. The van der Waals surface area contributed by atoms with E-state index in [-0.39, 0.29) is 11.9 Å². The van der Waals surface area contributed by atoms with Crippen molar-refractivity contribution < 1.29 is 14.6 Å². The number of hydrogen-bond donors (Lipinski definition) is 1. The molecule has 88 valence electrons. The molecule has 1 N–H and O–H groups in total. The first-order valence-corrected chi connectivity index (χ1v) is 5.52. The van der Waals surface area contributed by atoms with E-state index in [0.717, 1.165) is 13.1 Å². The highest BCUT2D eigenvalue weighted by Crippen LogP contribution is 2.19. The van der Waals surface area contributed by atoms with Crippen LogP contribution in [0.1, 0.15) is 20.3 Å². The molecule has 2 unspecified atom stereocenters. The van der Waals surface area contributed by atoms with E-state index in [1.807, 2.05) is 0 Å². The molecule has 15 heavy (non-hydrogen) atoms. The van der Waals surface area contributed by atoms with Crippen LogP contribution in [-0.4, -0.2) is 48.8 Å². The molecule has 4 heteroatoms. The zero-order valence-corrected chi connectivity index (χ0v) is 9.77. The van der Waals surface area contributed by atoms with Crippen LogP contribution in [0.4, 0.5) is 0 Å². The van der Waals surface area contributed by atoms with Gasteiger partial charge >= 0.3 is 5.97 Å². The minimum atomic E-state index is -0.541. The summed E-state index contributed by atoms with van der Waals surface area (Å²) in [6.07, 6.45) is 0.118. The molecule has 0 radical (unpaired) electrons. The van der Waals surface area contributed by atoms with E-state index < -0.39 is 6.10 Å². The Morgan fingerprint density at radius 3 is 2.80 bits per heavy atom. The smallest absolute Gasteiger partial charge is 0.312 e. The van der Waals surface area contributed by atoms with Crippen LogP contribution in [0.15, 0.2) is 0 Å². The standard InChI is InChI=1S/C11H21NO3/c1-8(2)6-12-5-4-10(13)9(7-12)11(14)15-3/h8-10,13H,4-7H2,1-3H3. The first-order chi connectivity index (χ1) is 7.04. The number of methoxy groups -OCH3 is 1. The molecule has 4 nitrogen and oxygen atoms in total. The lowest BCUT2D eigenvalue weighted by Crippen LogP contribution is -2.47. The molecule has 0 aliphatic carbocycles. The number of carbonyl (C=O) groups is 1. The van der Waals surface area contributed by atoms with Gasteiger partial charge in [-0.05, 0) is 12.3 Å². The third kappa shape index (κ3) is 3.47. The van der Waals surface area contributed by atoms with Gasteiger partial charge in [-0.2, -0.15) is 0 Å². The van der Waals surface area contributed by atoms with Gasteiger partial charge in [0.05, 0.1) is 19.1 Å². The lowest BCUT2D eigenvalue weighted by atomic mass is 9.94. The van der Waals surface area contributed by atoms with Gasteiger partial charge in [-0.1, -0.05) is 13.8 Å². The van der Waals surface area contributed by atoms with E-state index in [1.165, 1.54) is 7.11 Å². The van der Waals surface area contributed by atoms with Crippen LogP contribution < -0.4 is 0 Å². The Morgan fingerprint density at radius 1 is 1.60 bits per heavy atom. The molecule has 0 amide bonds. The number of ether oxygens (including phenoxy) is 1. The second kappa shape index (κ2) is 5.47. The highest BCUT2D eigenvalue weighted by Gasteiger charge is 2.33. The Labute approximate surface area is 91.2 Å². The summed E-state index contributed by atoms with van der Waals surface area (Å²) in [6, 6.07) is 0. The minimum Gasteiger partial charge on any atom is -0.469 e. The van der Waals surface area contributed by atoms with Crippen LogP contribution >= 0.6 is 0 Å². The second-order valence-corrected chi connectivity index (χ2v) is 4.64. The Hall–Kier alpha value is -0.610. The van der Waals surface area contributed by atoms with Gasteiger partial charge in [-0.3, -0.25) is 4.79 Å². The summed E-state index contributed by atoms with van der Waals surface area (Å²) in [5.74, 6) is -0.0861. The number of likely N-dealkylation sites (tertiary alicyclic amines) is 1. The van der Waals surface area contributed by atoms with Crippen molar-refractivity contribution in [3.63, 3.8) is 0 Å². The van der Waals surface area contributed by atoms with Crippen molar-refractivity contribution in [2.75, 3.05) is 26.7 Å². The van der Waals surface area contributed by atoms with Crippen LogP contribution in [0, 0.1) is 11.8 Å². The minimum absolute atomic E-state index is 0.295. The van der Waals surface area contributed by atoms with Gasteiger partial charge < -0.3 is 14.7 Å². The molecular formula is C11H21NO3. The zero-order chi connectivity index (χ0) is 11.4. The lowest BCUT2D eigenvalue weighted by Gasteiger charge is -2.35. The van der Waals surface area contributed by atoms with Crippen molar-refractivity contribution in [1.82, 2.24) is 4.90 Å². The van der Waals surface area contributed by atoms with E-state index in [1.54, 1.807) is 0 Å². The molecule has 1 saturated heterocycles. The fourth-order valence-corrected chi connectivity index (χ4v) is 2.07. The van der Waals surface area contributed by atoms with Crippen LogP contribution in [0.3, 0.4) is 0 Å². The summed E-state index contributed by atoms with van der Waals surface area (Å²) in [5.41, 5.74) is 0. The largest absolute Gasteiger partial charge is 0.469 e. The molecule has 1 heterocycles. The summed E-state index contributed by atoms with van der Waals surface area (Å²) >= 11 is 0. The van der Waals surface area contributed by atoms with Gasteiger partial charge in [0, 0.05) is 19.6 Å². The van der Waals surface area contributed by atoms with Crippen molar-refractivity contribution in [3.8, 4) is 0 Å². The fourth-order valence-electron chi connectivity index (χ4n) is 2.07. The SMILES string of the molecule is COC(=O)C1CN(CC(C)C)CCC1O. The normalized spacial score (nSPS) is 28.1. The zero-order valence-electron chi connectivity index (χ0n) is 9.77. The van der Waals surface area contributed by atoms with Crippen molar-refractivity contribution in [2.45, 2.75) is 26.4 Å². The first kappa shape index (κ1) is 12.5. The summed E-state index contributed by atoms with van der Waals surface area (Å²) in [7, 11) is 1.37. The monoisotopic (exact) mass is 215 g/mol. The number of esters is 1. The molecule has 1 fully saturated rings. The van der Waals surface area contributed by atoms with E-state index >= 15 is 0 Å². The number of aliphatic hydroxyl groups is 1. The number of piperidine rings is 1. The predicted octanol–water partition coefficient (Wildman–Crippen LogP) is 0.498. The quantitative estimate of drug-likeness (QED) is 0.696. The molecular weight excluding hydrogens is 194 g/mol. The third-order valence-electron chi connectivity index (χ3n) is 2.79. The average Bonchev–Trinajstić information content (AvgIpc) is 2.19. The maximum Gasteiger partial charge on any atom is 0.312 e. The summed E-state index contributed by atoms with van der Waals surface area (Å²) in [5, 5.41) is 9.69. The van der Waals surface area contributed by atoms with E-state index in [2.05, 4.69) is 23.5 Å². The van der Waals surface area contributed by atoms with Crippen molar-refractivity contribution in [1.29, 1.82) is 0 Å². The Kier molecular flexibility index (Phi) is 4.54. The first-order valence-electron chi connectivity index (χ1n) is 5.52. The van der Waals surface area contributed by atoms with Gasteiger partial charge in [0.1, 0.15) is 0 Å². The number of carbonyl (C=O) groups excluding carboxylic acids is 1. The molecule has 0 spiro atoms. The molecule has 0 bridgehead atoms. The molecule has 0 aromatic heterocycles. The molecule has 0 saturated carbocycles. The van der Waals surface area contributed by atoms with Crippen LogP contribution in [0.25, 0.3) is 0 Å². The summed E-state index contributed by atoms with van der Waals surface area (Å²) < 4.78 is 4.69. The van der Waals surface area contributed by atoms with Crippen molar-refractivity contribution in [3.05, 3.63) is 0 Å². The maximum atomic E-state index is 11.4. The van der Waals surface area contributed by atoms with Gasteiger partial charge in [0.25, 0.3) is 0 Å². The summed E-state index contributed by atoms with van der Waals surface area (Å²) in [6.45, 7) is 6.76. The molecule has 2 atom stereocenters. The van der Waals surface area contributed by atoms with Crippen LogP contribution in [-0.2, 0) is 9.53 Å². The molecule has 1 aliphatic heterocycles. The van der Waals surface area contributed by atoms with Crippen LogP contribution in [0.2, 0.25) is 0 Å². The Bertz CT molecular complexity index is 218. The topological polar surface area (TPSA) is 49.8 Å². The number of rotatable bonds is 3. The fraction of sp³-hybridized carbons (Fsp3) is 0.909. The van der Waals surface area contributed by atoms with Crippen molar-refractivity contribution >= 4 is 5.97 Å². The number of aliphatic hydroxyl groups excluding tert-OH is 1. The predicted molar refractivity (Wildman–Crippen MR) is 57.4 cm³/mol. The van der Waals surface area contributed by atoms with E-state index in [9.17, 15) is 9.90 Å². The molecule has 1 rings (SSSR count). The highest BCUT2D eigenvalue weighted by atomic mass is 16.5. The Morgan fingerprint density at radius 2 is 2.27 bits per heavy atom. The molecule has 0 aromatic carbocycles. The molecule has 1 aliphatic rings. The van der Waals surface area contributed by atoms with E-state index in [4.69, 9.17) is 0 Å². The van der Waals surface area contributed by atoms with Crippen molar-refractivity contribution in [2.24, 2.45) is 11.8 Å². The highest BCUT2D eigenvalue weighted by molar-refractivity contribution is 5.73. The van der Waals surface area contributed by atoms with Gasteiger partial charge in [-0.15, -0.1) is 0 Å². The van der Waals surface area contributed by atoms with Gasteiger partial charge in [0.15, 0.2) is 0 Å². The number of hydrogen-bond acceptors (Lipinski definition) is 4. The van der Waals surface area contributed by atoms with Gasteiger partial charge in [-0.25, -0.2) is 0 Å². The average molecular weight is 215 g/mol. The summed E-state index contributed by atoms with van der Waals surface area (Å²) in [4.78, 5) is 13.6. The molecule has 0 aromatic rings.